The van der Waals surface area contributed by atoms with Crippen molar-refractivity contribution in [1.82, 2.24) is 10.2 Å². The smallest absolute Gasteiger partial charge is 0.290 e. The lowest BCUT2D eigenvalue weighted by molar-refractivity contribution is -0.151. The van der Waals surface area contributed by atoms with Crippen LogP contribution in [0.3, 0.4) is 0 Å². The third kappa shape index (κ3) is 7.96. The summed E-state index contributed by atoms with van der Waals surface area (Å²) in [6, 6.07) is -1.01. The van der Waals surface area contributed by atoms with E-state index in [2.05, 4.69) is 11.9 Å². The highest BCUT2D eigenvalue weighted by molar-refractivity contribution is 6.35. The zero-order chi connectivity index (χ0) is 19.6. The molecule has 0 aliphatic heterocycles. The van der Waals surface area contributed by atoms with E-state index < -0.39 is 17.7 Å². The largest absolute Gasteiger partial charge is 0.352 e. The Morgan fingerprint density at radius 1 is 1.04 bits per heavy atom. The molecule has 5 nitrogen and oxygen atoms in total. The molecule has 0 saturated carbocycles. The molecule has 0 aliphatic rings. The Morgan fingerprint density at radius 2 is 1.64 bits per heavy atom. The minimum absolute atomic E-state index is 0.0396. The summed E-state index contributed by atoms with van der Waals surface area (Å²) in [5.74, 6) is -1.54. The summed E-state index contributed by atoms with van der Waals surface area (Å²) < 4.78 is 0. The van der Waals surface area contributed by atoms with Gasteiger partial charge in [0.1, 0.15) is 6.04 Å². The van der Waals surface area contributed by atoms with Crippen LogP contribution in [0.25, 0.3) is 0 Å². The monoisotopic (exact) mass is 348 g/mol. The van der Waals surface area contributed by atoms with E-state index in [4.69, 9.17) is 0 Å². The van der Waals surface area contributed by atoms with Gasteiger partial charge >= 0.3 is 0 Å². The van der Waals surface area contributed by atoms with Gasteiger partial charge in [0.2, 0.25) is 11.7 Å². The van der Waals surface area contributed by atoms with Crippen LogP contribution in [0.1, 0.15) is 48.0 Å². The molecule has 0 heterocycles. The maximum Gasteiger partial charge on any atom is 0.290 e. The lowest BCUT2D eigenvalue weighted by Gasteiger charge is -2.37. The Hall–Kier alpha value is -2.17. The van der Waals surface area contributed by atoms with E-state index in [-0.39, 0.29) is 23.9 Å². The van der Waals surface area contributed by atoms with Crippen molar-refractivity contribution in [3.8, 4) is 0 Å². The second-order valence-electron chi connectivity index (χ2n) is 6.75. The quantitative estimate of drug-likeness (QED) is 0.487. The maximum atomic E-state index is 12.6. The van der Waals surface area contributed by atoms with E-state index in [1.165, 1.54) is 11.8 Å². The number of rotatable bonds is 10. The highest BCUT2D eigenvalue weighted by atomic mass is 16.2. The lowest BCUT2D eigenvalue weighted by Crippen LogP contribution is -2.57. The molecule has 0 saturated heterocycles. The molecule has 0 spiro atoms. The van der Waals surface area contributed by atoms with Crippen molar-refractivity contribution in [2.75, 3.05) is 0 Å². The molecule has 0 radical (unpaired) electrons. The first-order chi connectivity index (χ1) is 11.6. The molecule has 0 aliphatic carbocycles. The molecule has 1 unspecified atom stereocenters. The van der Waals surface area contributed by atoms with E-state index >= 15 is 0 Å². The number of carbonyl (C=O) groups excluding carboxylic acids is 3. The normalized spacial score (nSPS) is 14.1. The average Bonchev–Trinajstić information content (AvgIpc) is 2.49. The summed E-state index contributed by atoms with van der Waals surface area (Å²) in [5, 5.41) is 2.85. The number of nitrogens with one attached hydrogen (secondary N) is 1. The molecular formula is C20H32N2O3. The van der Waals surface area contributed by atoms with Crippen LogP contribution in [0, 0.1) is 5.92 Å². The molecule has 0 aromatic rings. The van der Waals surface area contributed by atoms with Gasteiger partial charge in [-0.25, -0.2) is 0 Å². The topological polar surface area (TPSA) is 66.5 Å². The minimum atomic E-state index is -0.689. The Morgan fingerprint density at radius 3 is 2.08 bits per heavy atom. The van der Waals surface area contributed by atoms with Gasteiger partial charge in [-0.05, 0) is 33.1 Å². The highest BCUT2D eigenvalue weighted by Gasteiger charge is 2.36. The van der Waals surface area contributed by atoms with Gasteiger partial charge in [0, 0.05) is 19.0 Å². The fourth-order valence-electron chi connectivity index (χ4n) is 2.51. The summed E-state index contributed by atoms with van der Waals surface area (Å²) in [4.78, 5) is 38.3. The van der Waals surface area contributed by atoms with Gasteiger partial charge in [-0.2, -0.15) is 0 Å². The van der Waals surface area contributed by atoms with Gasteiger partial charge in [0.15, 0.2) is 0 Å². The van der Waals surface area contributed by atoms with E-state index in [1.807, 2.05) is 52.8 Å². The summed E-state index contributed by atoms with van der Waals surface area (Å²) in [5.41, 5.74) is 0. The van der Waals surface area contributed by atoms with Crippen LogP contribution in [-0.2, 0) is 14.4 Å². The molecule has 0 rings (SSSR count). The number of allylic oxidation sites excluding steroid dienone is 4. The number of ketones is 1. The van der Waals surface area contributed by atoms with E-state index in [1.54, 1.807) is 12.2 Å². The Bertz CT molecular complexity index is 533. The molecule has 1 N–H and O–H groups in total. The molecular weight excluding hydrogens is 316 g/mol. The number of hydrogen-bond acceptors (Lipinski definition) is 3. The van der Waals surface area contributed by atoms with Crippen molar-refractivity contribution in [1.29, 1.82) is 0 Å². The standard InChI is InChI=1S/C20H32N2O3/c1-8-9-10-11-12-13-16(6)22(20(25)17(7)23)18(14(2)3)19(24)21-15(4)5/h8-12,14-16,18H,1,13H2,2-7H3,(H,21,24)/b10-9-,12-11-/t16?,18-/m0/s1. The second-order valence-corrected chi connectivity index (χ2v) is 6.75. The first-order valence-corrected chi connectivity index (χ1v) is 8.71. The molecule has 0 fully saturated rings. The van der Waals surface area contributed by atoms with E-state index in [0.29, 0.717) is 6.42 Å². The van der Waals surface area contributed by atoms with Crippen molar-refractivity contribution in [3.05, 3.63) is 37.0 Å². The van der Waals surface area contributed by atoms with Crippen LogP contribution in [-0.4, -0.2) is 40.6 Å². The molecule has 140 valence electrons. The molecule has 25 heavy (non-hydrogen) atoms. The number of carbonyl (C=O) groups is 3. The van der Waals surface area contributed by atoms with Crippen LogP contribution >= 0.6 is 0 Å². The average molecular weight is 348 g/mol. The summed E-state index contributed by atoms with van der Waals surface area (Å²) in [7, 11) is 0. The van der Waals surface area contributed by atoms with Crippen LogP contribution in [0.2, 0.25) is 0 Å². The molecule has 0 bridgehead atoms. The highest BCUT2D eigenvalue weighted by Crippen LogP contribution is 2.18. The minimum Gasteiger partial charge on any atom is -0.352 e. The molecule has 2 amide bonds. The summed E-state index contributed by atoms with van der Waals surface area (Å²) in [6.07, 6.45) is 9.61. The summed E-state index contributed by atoms with van der Waals surface area (Å²) >= 11 is 0. The van der Waals surface area contributed by atoms with Gasteiger partial charge in [0.25, 0.3) is 5.91 Å². The van der Waals surface area contributed by atoms with Gasteiger partial charge in [-0.1, -0.05) is 50.8 Å². The first-order valence-electron chi connectivity index (χ1n) is 8.71. The Balaban J connectivity index is 5.55. The predicted molar refractivity (Wildman–Crippen MR) is 102 cm³/mol. The van der Waals surface area contributed by atoms with Gasteiger partial charge < -0.3 is 10.2 Å². The van der Waals surface area contributed by atoms with Crippen LogP contribution < -0.4 is 5.32 Å². The zero-order valence-corrected chi connectivity index (χ0v) is 16.3. The summed E-state index contributed by atoms with van der Waals surface area (Å²) in [6.45, 7) is 14.2. The number of hydrogen-bond donors (Lipinski definition) is 1. The van der Waals surface area contributed by atoms with Crippen LogP contribution in [0.15, 0.2) is 37.0 Å². The van der Waals surface area contributed by atoms with Crippen LogP contribution in [0.5, 0.6) is 0 Å². The van der Waals surface area contributed by atoms with E-state index in [0.717, 1.165) is 0 Å². The number of nitrogens with zero attached hydrogens (tertiary/aromatic N) is 1. The lowest BCUT2D eigenvalue weighted by atomic mass is 9.97. The molecule has 0 aromatic heterocycles. The van der Waals surface area contributed by atoms with Crippen molar-refractivity contribution in [2.45, 2.75) is 66.1 Å². The third-order valence-corrected chi connectivity index (χ3v) is 3.61. The molecule has 0 aromatic carbocycles. The maximum absolute atomic E-state index is 12.6. The van der Waals surface area contributed by atoms with Gasteiger partial charge in [0.05, 0.1) is 0 Å². The molecule has 2 atom stereocenters. The van der Waals surface area contributed by atoms with Crippen molar-refractivity contribution < 1.29 is 14.4 Å². The number of Topliss-reactive ketones (excluding diaryl/α,β-unsaturated/α-hetero) is 1. The Labute approximate surface area is 151 Å². The fourth-order valence-corrected chi connectivity index (χ4v) is 2.51. The SMILES string of the molecule is C=C/C=C\C=C/CC(C)N(C(=O)C(C)=O)[C@H](C(=O)NC(C)C)C(C)C. The third-order valence-electron chi connectivity index (χ3n) is 3.61. The fraction of sp³-hybridized carbons (Fsp3) is 0.550. The first kappa shape index (κ1) is 22.8. The molecule has 5 heteroatoms. The zero-order valence-electron chi connectivity index (χ0n) is 16.3. The van der Waals surface area contributed by atoms with Crippen molar-refractivity contribution in [3.63, 3.8) is 0 Å². The van der Waals surface area contributed by atoms with Gasteiger partial charge in [-0.3, -0.25) is 14.4 Å². The predicted octanol–water partition coefficient (Wildman–Crippen LogP) is 3.03. The van der Waals surface area contributed by atoms with Crippen molar-refractivity contribution >= 4 is 17.6 Å². The van der Waals surface area contributed by atoms with Crippen LogP contribution in [0.4, 0.5) is 0 Å². The van der Waals surface area contributed by atoms with E-state index in [9.17, 15) is 14.4 Å². The van der Waals surface area contributed by atoms with Crippen molar-refractivity contribution in [2.24, 2.45) is 5.92 Å². The van der Waals surface area contributed by atoms with Gasteiger partial charge in [-0.15, -0.1) is 0 Å². The number of amides is 2. The second kappa shape index (κ2) is 11.4. The Kier molecular flexibility index (Phi) is 10.4.